The van der Waals surface area contributed by atoms with Gasteiger partial charge >= 0.3 is 0 Å². The molecule has 94 valence electrons. The Morgan fingerprint density at radius 2 is 2.18 bits per heavy atom. The summed E-state index contributed by atoms with van der Waals surface area (Å²) in [5, 5.41) is 2.67. The Morgan fingerprint density at radius 1 is 1.47 bits per heavy atom. The van der Waals surface area contributed by atoms with E-state index in [0.29, 0.717) is 12.2 Å². The lowest BCUT2D eigenvalue weighted by Gasteiger charge is -2.22. The molecule has 1 rings (SSSR count). The molecule has 1 aromatic heterocycles. The molecular weight excluding hydrogens is 216 g/mol. The molecule has 3 N–H and O–H groups in total. The molecule has 0 radical (unpaired) electrons. The largest absolute Gasteiger partial charge is 0.327 e. The summed E-state index contributed by atoms with van der Waals surface area (Å²) in [5.74, 6) is 0.336. The first-order valence-electron chi connectivity index (χ1n) is 5.68. The van der Waals surface area contributed by atoms with E-state index in [2.05, 4.69) is 36.1 Å². The van der Waals surface area contributed by atoms with E-state index in [-0.39, 0.29) is 17.4 Å². The minimum Gasteiger partial charge on any atom is -0.327 e. The molecular formula is C12H20N4O. The van der Waals surface area contributed by atoms with Gasteiger partial charge in [0.1, 0.15) is 0 Å². The fourth-order valence-electron chi connectivity index (χ4n) is 1.65. The van der Waals surface area contributed by atoms with Gasteiger partial charge in [0.2, 0.25) is 5.91 Å². The number of nitrogens with one attached hydrogen (secondary N) is 1. The van der Waals surface area contributed by atoms with Gasteiger partial charge in [-0.05, 0) is 11.8 Å². The van der Waals surface area contributed by atoms with E-state index in [0.717, 1.165) is 6.42 Å². The number of hydrogen-bond acceptors (Lipinski definition) is 4. The molecule has 0 aliphatic carbocycles. The fourth-order valence-corrected chi connectivity index (χ4v) is 1.65. The molecule has 5 nitrogen and oxygen atoms in total. The highest BCUT2D eigenvalue weighted by molar-refractivity contribution is 5.89. The van der Waals surface area contributed by atoms with Gasteiger partial charge in [-0.3, -0.25) is 9.78 Å². The average molecular weight is 236 g/mol. The molecule has 0 spiro atoms. The van der Waals surface area contributed by atoms with E-state index in [1.807, 2.05) is 0 Å². The monoisotopic (exact) mass is 236 g/mol. The molecule has 0 aliphatic rings. The standard InChI is InChI=1S/C12H20N4O/c1-12(2,3)7-9(13)6-11(17)16-10-8-14-4-5-15-10/h4-5,8-9H,6-7,13H2,1-3H3,(H,15,16,17). The lowest BCUT2D eigenvalue weighted by molar-refractivity contribution is -0.116. The van der Waals surface area contributed by atoms with E-state index in [1.165, 1.54) is 12.4 Å². The predicted molar refractivity (Wildman–Crippen MR) is 67.3 cm³/mol. The van der Waals surface area contributed by atoms with Crippen molar-refractivity contribution >= 4 is 11.7 Å². The van der Waals surface area contributed by atoms with Crippen LogP contribution < -0.4 is 11.1 Å². The van der Waals surface area contributed by atoms with Crippen LogP contribution in [0.3, 0.4) is 0 Å². The van der Waals surface area contributed by atoms with Crippen LogP contribution >= 0.6 is 0 Å². The SMILES string of the molecule is CC(C)(C)CC(N)CC(=O)Nc1cnccn1. The van der Waals surface area contributed by atoms with E-state index < -0.39 is 0 Å². The Morgan fingerprint density at radius 3 is 2.71 bits per heavy atom. The van der Waals surface area contributed by atoms with Crippen LogP contribution in [0.2, 0.25) is 0 Å². The number of nitrogens with two attached hydrogens (primary N) is 1. The molecule has 1 atom stereocenters. The topological polar surface area (TPSA) is 80.9 Å². The number of hydrogen-bond donors (Lipinski definition) is 2. The number of nitrogens with zero attached hydrogens (tertiary/aromatic N) is 2. The summed E-state index contributed by atoms with van der Waals surface area (Å²) in [4.78, 5) is 19.5. The maximum absolute atomic E-state index is 11.6. The van der Waals surface area contributed by atoms with Gasteiger partial charge in [0, 0.05) is 24.9 Å². The highest BCUT2D eigenvalue weighted by Gasteiger charge is 2.18. The zero-order chi connectivity index (χ0) is 12.9. The number of anilines is 1. The summed E-state index contributed by atoms with van der Waals surface area (Å²) >= 11 is 0. The molecule has 0 saturated carbocycles. The molecule has 1 heterocycles. The quantitative estimate of drug-likeness (QED) is 0.831. The van der Waals surface area contributed by atoms with Crippen molar-refractivity contribution in [3.05, 3.63) is 18.6 Å². The zero-order valence-electron chi connectivity index (χ0n) is 10.6. The van der Waals surface area contributed by atoms with Gasteiger partial charge < -0.3 is 11.1 Å². The third-order valence-electron chi connectivity index (χ3n) is 2.15. The Bertz CT molecular complexity index is 359. The van der Waals surface area contributed by atoms with E-state index in [9.17, 15) is 4.79 Å². The van der Waals surface area contributed by atoms with Crippen molar-refractivity contribution in [2.45, 2.75) is 39.7 Å². The number of carbonyl (C=O) groups excluding carboxylic acids is 1. The van der Waals surface area contributed by atoms with Crippen molar-refractivity contribution in [1.82, 2.24) is 9.97 Å². The maximum atomic E-state index is 11.6. The first kappa shape index (κ1) is 13.6. The molecule has 1 amide bonds. The third kappa shape index (κ3) is 5.97. The van der Waals surface area contributed by atoms with Crippen LogP contribution in [-0.2, 0) is 4.79 Å². The van der Waals surface area contributed by atoms with Crippen LogP contribution in [0.5, 0.6) is 0 Å². The maximum Gasteiger partial charge on any atom is 0.227 e. The van der Waals surface area contributed by atoms with E-state index in [4.69, 9.17) is 5.73 Å². The summed E-state index contributed by atoms with van der Waals surface area (Å²) in [5.41, 5.74) is 6.05. The number of rotatable bonds is 4. The smallest absolute Gasteiger partial charge is 0.227 e. The molecule has 1 aromatic rings. The van der Waals surface area contributed by atoms with Crippen molar-refractivity contribution in [2.75, 3.05) is 5.32 Å². The molecule has 0 aromatic carbocycles. The van der Waals surface area contributed by atoms with Crippen LogP contribution in [0.4, 0.5) is 5.82 Å². The van der Waals surface area contributed by atoms with Crippen LogP contribution in [0, 0.1) is 5.41 Å². The summed E-state index contributed by atoms with van der Waals surface area (Å²) in [7, 11) is 0. The van der Waals surface area contributed by atoms with Crippen molar-refractivity contribution in [1.29, 1.82) is 0 Å². The fraction of sp³-hybridized carbons (Fsp3) is 0.583. The molecule has 17 heavy (non-hydrogen) atoms. The Labute approximate surface area is 102 Å². The Kier molecular flexibility index (Phi) is 4.57. The van der Waals surface area contributed by atoms with Crippen molar-refractivity contribution in [2.24, 2.45) is 11.1 Å². The Balaban J connectivity index is 2.40. The van der Waals surface area contributed by atoms with Gasteiger partial charge in [0.05, 0.1) is 6.20 Å². The normalized spacial score (nSPS) is 13.2. The summed E-state index contributed by atoms with van der Waals surface area (Å²) in [6.07, 6.45) is 5.70. The van der Waals surface area contributed by atoms with Crippen LogP contribution in [-0.4, -0.2) is 21.9 Å². The van der Waals surface area contributed by atoms with E-state index >= 15 is 0 Å². The minimum absolute atomic E-state index is 0.123. The lowest BCUT2D eigenvalue weighted by atomic mass is 9.87. The molecule has 1 unspecified atom stereocenters. The van der Waals surface area contributed by atoms with Gasteiger partial charge in [0.15, 0.2) is 5.82 Å². The molecule has 0 bridgehead atoms. The second-order valence-electron chi connectivity index (χ2n) is 5.37. The number of amides is 1. The molecule has 0 fully saturated rings. The Hall–Kier alpha value is -1.49. The average Bonchev–Trinajstić information content (AvgIpc) is 2.15. The van der Waals surface area contributed by atoms with Crippen molar-refractivity contribution in [3.63, 3.8) is 0 Å². The highest BCUT2D eigenvalue weighted by atomic mass is 16.1. The molecule has 5 heteroatoms. The van der Waals surface area contributed by atoms with Gasteiger partial charge in [-0.1, -0.05) is 20.8 Å². The minimum atomic E-state index is -0.133. The molecule has 0 aliphatic heterocycles. The van der Waals surface area contributed by atoms with Crippen LogP contribution in [0.15, 0.2) is 18.6 Å². The van der Waals surface area contributed by atoms with Gasteiger partial charge in [0.25, 0.3) is 0 Å². The first-order chi connectivity index (χ1) is 7.87. The first-order valence-corrected chi connectivity index (χ1v) is 5.68. The van der Waals surface area contributed by atoms with Gasteiger partial charge in [-0.2, -0.15) is 0 Å². The number of aromatic nitrogens is 2. The van der Waals surface area contributed by atoms with Crippen molar-refractivity contribution < 1.29 is 4.79 Å². The summed E-state index contributed by atoms with van der Waals surface area (Å²) in [6.45, 7) is 6.31. The summed E-state index contributed by atoms with van der Waals surface area (Å²) < 4.78 is 0. The second kappa shape index (κ2) is 5.72. The van der Waals surface area contributed by atoms with E-state index in [1.54, 1.807) is 6.20 Å². The third-order valence-corrected chi connectivity index (χ3v) is 2.15. The molecule has 0 saturated heterocycles. The van der Waals surface area contributed by atoms with Crippen LogP contribution in [0.25, 0.3) is 0 Å². The van der Waals surface area contributed by atoms with Gasteiger partial charge in [-0.25, -0.2) is 4.98 Å². The summed E-state index contributed by atoms with van der Waals surface area (Å²) in [6, 6.07) is -0.133. The van der Waals surface area contributed by atoms with Crippen molar-refractivity contribution in [3.8, 4) is 0 Å². The zero-order valence-corrected chi connectivity index (χ0v) is 10.6. The van der Waals surface area contributed by atoms with Crippen LogP contribution in [0.1, 0.15) is 33.6 Å². The lowest BCUT2D eigenvalue weighted by Crippen LogP contribution is -2.31. The predicted octanol–water partition coefficient (Wildman–Crippen LogP) is 1.57. The highest BCUT2D eigenvalue weighted by Crippen LogP contribution is 2.21. The second-order valence-corrected chi connectivity index (χ2v) is 5.37. The number of carbonyl (C=O) groups is 1. The van der Waals surface area contributed by atoms with Gasteiger partial charge in [-0.15, -0.1) is 0 Å².